The highest BCUT2D eigenvalue weighted by atomic mass is 15.1. The van der Waals surface area contributed by atoms with Gasteiger partial charge in [-0.15, -0.1) is 0 Å². The molecule has 0 bridgehead atoms. The van der Waals surface area contributed by atoms with E-state index in [1.165, 1.54) is 0 Å². The maximum absolute atomic E-state index is 5.55. The molecule has 3 N–H and O–H groups in total. The van der Waals surface area contributed by atoms with Crippen LogP contribution in [0.5, 0.6) is 0 Å². The quantitative estimate of drug-likeness (QED) is 0.832. The number of anilines is 3. The number of hydrogen-bond donors (Lipinski definition) is 2. The van der Waals surface area contributed by atoms with Crippen LogP contribution in [0.2, 0.25) is 0 Å². The first kappa shape index (κ1) is 13.0. The van der Waals surface area contributed by atoms with Crippen molar-refractivity contribution < 1.29 is 0 Å². The summed E-state index contributed by atoms with van der Waals surface area (Å²) < 4.78 is 0. The molecule has 0 spiro atoms. The second-order valence-corrected chi connectivity index (χ2v) is 3.24. The number of rotatable bonds is 2. The van der Waals surface area contributed by atoms with Crippen molar-refractivity contribution in [3.63, 3.8) is 0 Å². The first-order chi connectivity index (χ1) is 8.24. The van der Waals surface area contributed by atoms with Crippen LogP contribution in [0.4, 0.5) is 17.5 Å². The molecular weight excluding hydrogens is 212 g/mol. The highest BCUT2D eigenvalue weighted by Gasteiger charge is 1.98. The van der Waals surface area contributed by atoms with Gasteiger partial charge in [0.25, 0.3) is 0 Å². The summed E-state index contributed by atoms with van der Waals surface area (Å²) in [6, 6.07) is 11.7. The maximum Gasteiger partial charge on any atom is 0.222 e. The van der Waals surface area contributed by atoms with Gasteiger partial charge in [0.15, 0.2) is 0 Å². The predicted octanol–water partition coefficient (Wildman–Crippen LogP) is 3.14. The van der Waals surface area contributed by atoms with Crippen molar-refractivity contribution in [3.8, 4) is 0 Å². The molecule has 0 amide bonds. The van der Waals surface area contributed by atoms with Crippen molar-refractivity contribution in [1.29, 1.82) is 0 Å². The van der Waals surface area contributed by atoms with Crippen LogP contribution in [0.3, 0.4) is 0 Å². The third-order valence-corrected chi connectivity index (χ3v) is 1.92. The van der Waals surface area contributed by atoms with E-state index in [2.05, 4.69) is 15.3 Å². The number of aryl methyl sites for hydroxylation is 1. The Morgan fingerprint density at radius 3 is 2.29 bits per heavy atom. The van der Waals surface area contributed by atoms with Gasteiger partial charge in [0.2, 0.25) is 5.95 Å². The molecule has 0 aliphatic heterocycles. The van der Waals surface area contributed by atoms with Gasteiger partial charge in [0.05, 0.1) is 0 Å². The standard InChI is InChI=1S/C11H12N4.C2H6/c1-8-7-10(15-11(12)13-8)14-9-5-3-2-4-6-9;1-2/h2-7H,1H3,(H3,12,13,14,15);1-2H3. The number of nitrogen functional groups attached to an aromatic ring is 1. The van der Waals surface area contributed by atoms with E-state index >= 15 is 0 Å². The topological polar surface area (TPSA) is 63.8 Å². The van der Waals surface area contributed by atoms with Crippen LogP contribution in [0.1, 0.15) is 19.5 Å². The van der Waals surface area contributed by atoms with E-state index in [9.17, 15) is 0 Å². The average molecular weight is 230 g/mol. The Morgan fingerprint density at radius 2 is 1.71 bits per heavy atom. The molecule has 0 radical (unpaired) electrons. The lowest BCUT2D eigenvalue weighted by Crippen LogP contribution is -2.01. The molecule has 1 aromatic heterocycles. The fourth-order valence-corrected chi connectivity index (χ4v) is 1.32. The van der Waals surface area contributed by atoms with Crippen LogP contribution < -0.4 is 11.1 Å². The van der Waals surface area contributed by atoms with Gasteiger partial charge in [-0.3, -0.25) is 0 Å². The Balaban J connectivity index is 0.000000686. The van der Waals surface area contributed by atoms with Gasteiger partial charge in [-0.05, 0) is 19.1 Å². The van der Waals surface area contributed by atoms with Gasteiger partial charge >= 0.3 is 0 Å². The van der Waals surface area contributed by atoms with Gasteiger partial charge in [-0.25, -0.2) is 4.98 Å². The van der Waals surface area contributed by atoms with Crippen LogP contribution in [0.25, 0.3) is 0 Å². The summed E-state index contributed by atoms with van der Waals surface area (Å²) >= 11 is 0. The Kier molecular flexibility index (Phi) is 4.94. The summed E-state index contributed by atoms with van der Waals surface area (Å²) in [7, 11) is 0. The highest BCUT2D eigenvalue weighted by Crippen LogP contribution is 2.14. The molecular formula is C13H18N4. The van der Waals surface area contributed by atoms with Gasteiger partial charge in [-0.2, -0.15) is 4.98 Å². The van der Waals surface area contributed by atoms with Gasteiger partial charge in [-0.1, -0.05) is 32.0 Å². The predicted molar refractivity (Wildman–Crippen MR) is 72.3 cm³/mol. The molecule has 2 aromatic rings. The van der Waals surface area contributed by atoms with Gasteiger partial charge < -0.3 is 11.1 Å². The molecule has 0 atom stereocenters. The average Bonchev–Trinajstić information content (AvgIpc) is 2.31. The molecule has 2 rings (SSSR count). The van der Waals surface area contributed by atoms with Crippen LogP contribution >= 0.6 is 0 Å². The normalized spacial score (nSPS) is 9.12. The molecule has 4 nitrogen and oxygen atoms in total. The smallest absolute Gasteiger partial charge is 0.222 e. The lowest BCUT2D eigenvalue weighted by molar-refractivity contribution is 1.12. The number of benzene rings is 1. The largest absolute Gasteiger partial charge is 0.368 e. The Bertz CT molecular complexity index is 434. The SMILES string of the molecule is CC.Cc1cc(Nc2ccccc2)nc(N)n1. The Labute approximate surface area is 102 Å². The van der Waals surface area contributed by atoms with Crippen molar-refractivity contribution in [2.45, 2.75) is 20.8 Å². The van der Waals surface area contributed by atoms with Crippen molar-refractivity contribution >= 4 is 17.5 Å². The summed E-state index contributed by atoms with van der Waals surface area (Å²) in [6.07, 6.45) is 0. The fourth-order valence-electron chi connectivity index (χ4n) is 1.32. The van der Waals surface area contributed by atoms with E-state index in [-0.39, 0.29) is 5.95 Å². The zero-order valence-corrected chi connectivity index (χ0v) is 10.4. The van der Waals surface area contributed by atoms with Crippen LogP contribution in [0.15, 0.2) is 36.4 Å². The van der Waals surface area contributed by atoms with E-state index in [1.807, 2.05) is 57.2 Å². The minimum Gasteiger partial charge on any atom is -0.368 e. The summed E-state index contributed by atoms with van der Waals surface area (Å²) in [5.74, 6) is 1.000. The third-order valence-electron chi connectivity index (χ3n) is 1.92. The van der Waals surface area contributed by atoms with Gasteiger partial charge in [0, 0.05) is 17.4 Å². The second kappa shape index (κ2) is 6.48. The zero-order chi connectivity index (χ0) is 12.7. The molecule has 0 aliphatic rings. The summed E-state index contributed by atoms with van der Waals surface area (Å²) in [6.45, 7) is 5.88. The lowest BCUT2D eigenvalue weighted by Gasteiger charge is -2.06. The zero-order valence-electron chi connectivity index (χ0n) is 10.4. The van der Waals surface area contributed by atoms with Gasteiger partial charge in [0.1, 0.15) is 5.82 Å². The van der Waals surface area contributed by atoms with Crippen molar-refractivity contribution in [1.82, 2.24) is 9.97 Å². The molecule has 17 heavy (non-hydrogen) atoms. The third kappa shape index (κ3) is 4.10. The molecule has 1 aromatic carbocycles. The van der Waals surface area contributed by atoms with E-state index in [4.69, 9.17) is 5.73 Å². The maximum atomic E-state index is 5.55. The number of para-hydroxylation sites is 1. The highest BCUT2D eigenvalue weighted by molar-refractivity contribution is 5.56. The number of hydrogen-bond acceptors (Lipinski definition) is 4. The number of nitrogens with two attached hydrogens (primary N) is 1. The molecule has 0 unspecified atom stereocenters. The fraction of sp³-hybridized carbons (Fsp3) is 0.231. The molecule has 0 fully saturated rings. The molecule has 0 saturated heterocycles. The van der Waals surface area contributed by atoms with E-state index in [0.29, 0.717) is 5.82 Å². The molecule has 4 heteroatoms. The van der Waals surface area contributed by atoms with Crippen LogP contribution in [-0.2, 0) is 0 Å². The minimum absolute atomic E-state index is 0.286. The Hall–Kier alpha value is -2.10. The molecule has 0 aliphatic carbocycles. The van der Waals surface area contributed by atoms with Crippen molar-refractivity contribution in [2.24, 2.45) is 0 Å². The second-order valence-electron chi connectivity index (χ2n) is 3.24. The molecule has 1 heterocycles. The monoisotopic (exact) mass is 230 g/mol. The molecule has 90 valence electrons. The minimum atomic E-state index is 0.286. The Morgan fingerprint density at radius 1 is 1.06 bits per heavy atom. The van der Waals surface area contributed by atoms with Crippen LogP contribution in [0, 0.1) is 6.92 Å². The molecule has 0 saturated carbocycles. The number of aromatic nitrogens is 2. The first-order valence-corrected chi connectivity index (χ1v) is 5.67. The summed E-state index contributed by atoms with van der Waals surface area (Å²) in [4.78, 5) is 8.09. The first-order valence-electron chi connectivity index (χ1n) is 5.67. The number of nitrogens with one attached hydrogen (secondary N) is 1. The summed E-state index contributed by atoms with van der Waals surface area (Å²) in [5.41, 5.74) is 7.38. The van der Waals surface area contributed by atoms with E-state index < -0.39 is 0 Å². The van der Waals surface area contributed by atoms with Crippen molar-refractivity contribution in [3.05, 3.63) is 42.1 Å². The van der Waals surface area contributed by atoms with Crippen LogP contribution in [-0.4, -0.2) is 9.97 Å². The lowest BCUT2D eigenvalue weighted by atomic mass is 10.3. The van der Waals surface area contributed by atoms with Crippen molar-refractivity contribution in [2.75, 3.05) is 11.1 Å². The number of nitrogens with zero attached hydrogens (tertiary/aromatic N) is 2. The van der Waals surface area contributed by atoms with E-state index in [1.54, 1.807) is 0 Å². The van der Waals surface area contributed by atoms with E-state index in [0.717, 1.165) is 11.4 Å². The summed E-state index contributed by atoms with van der Waals surface area (Å²) in [5, 5.41) is 3.15.